The Kier molecular flexibility index (Phi) is 9.25. The highest BCUT2D eigenvalue weighted by molar-refractivity contribution is 5.99. The van der Waals surface area contributed by atoms with Gasteiger partial charge >= 0.3 is 11.9 Å². The van der Waals surface area contributed by atoms with E-state index in [2.05, 4.69) is 17.4 Å². The van der Waals surface area contributed by atoms with Crippen LogP contribution in [0, 0.1) is 16.0 Å². The number of carbonyl (C=O) groups excluding carboxylic acids is 2. The number of nitro groups is 1. The van der Waals surface area contributed by atoms with Crippen LogP contribution in [0.5, 0.6) is 0 Å². The molecule has 2 aliphatic heterocycles. The van der Waals surface area contributed by atoms with E-state index >= 15 is 0 Å². The largest absolute Gasteiger partial charge is 0.466 e. The maximum absolute atomic E-state index is 13.4. The molecule has 0 bridgehead atoms. The minimum atomic E-state index is -0.895. The van der Waals surface area contributed by atoms with Crippen molar-refractivity contribution >= 4 is 17.6 Å². The van der Waals surface area contributed by atoms with Crippen LogP contribution in [-0.2, 0) is 41.4 Å². The van der Waals surface area contributed by atoms with E-state index < -0.39 is 28.6 Å². The summed E-state index contributed by atoms with van der Waals surface area (Å²) in [5.41, 5.74) is 3.84. The molecule has 2 aromatic rings. The van der Waals surface area contributed by atoms with Crippen molar-refractivity contribution in [2.24, 2.45) is 5.92 Å². The van der Waals surface area contributed by atoms with Gasteiger partial charge in [-0.15, -0.1) is 0 Å². The number of nitro benzene ring substituents is 1. The number of dihydropyridines is 1. The quantitative estimate of drug-likeness (QED) is 0.261. The second kappa shape index (κ2) is 12.7. The zero-order valence-electron chi connectivity index (χ0n) is 24.0. The molecule has 0 spiro atoms. The molecule has 41 heavy (non-hydrogen) atoms. The van der Waals surface area contributed by atoms with Gasteiger partial charge in [0.05, 0.1) is 48.9 Å². The summed E-state index contributed by atoms with van der Waals surface area (Å²) in [4.78, 5) is 37.2. The fourth-order valence-electron chi connectivity index (χ4n) is 5.16. The van der Waals surface area contributed by atoms with E-state index in [1.165, 1.54) is 30.9 Å². The molecular weight excluding hydrogens is 528 g/mol. The summed E-state index contributed by atoms with van der Waals surface area (Å²) < 4.78 is 22.2. The number of hydrogen-bond donors (Lipinski definition) is 1. The first kappa shape index (κ1) is 30.0. The number of nitrogens with one attached hydrogen (secondary N) is 1. The molecule has 2 heterocycles. The second-order valence-corrected chi connectivity index (χ2v) is 10.8. The van der Waals surface area contributed by atoms with Crippen LogP contribution in [0.3, 0.4) is 0 Å². The van der Waals surface area contributed by atoms with Gasteiger partial charge in [0.2, 0.25) is 0 Å². The summed E-state index contributed by atoms with van der Waals surface area (Å²) in [5.74, 6) is -2.39. The van der Waals surface area contributed by atoms with Gasteiger partial charge in [0.15, 0.2) is 5.79 Å². The van der Waals surface area contributed by atoms with Crippen LogP contribution in [0.25, 0.3) is 0 Å². The number of nitrogens with zero attached hydrogens (tertiary/aromatic N) is 1. The first-order valence-corrected chi connectivity index (χ1v) is 13.5. The van der Waals surface area contributed by atoms with Gasteiger partial charge in [-0.1, -0.05) is 36.4 Å². The number of hydrogen-bond acceptors (Lipinski definition) is 9. The van der Waals surface area contributed by atoms with Crippen molar-refractivity contribution in [1.29, 1.82) is 0 Å². The van der Waals surface area contributed by atoms with Crippen molar-refractivity contribution < 1.29 is 33.5 Å². The Morgan fingerprint density at radius 1 is 1.00 bits per heavy atom. The number of allylic oxidation sites excluding steroid dienone is 2. The first-order chi connectivity index (χ1) is 19.5. The van der Waals surface area contributed by atoms with Gasteiger partial charge in [0.25, 0.3) is 5.69 Å². The molecule has 0 aliphatic carbocycles. The Hall–Kier alpha value is -4.02. The van der Waals surface area contributed by atoms with E-state index in [-0.39, 0.29) is 23.4 Å². The Labute approximate surface area is 239 Å². The fraction of sp³-hybridized carbons (Fsp3) is 0.419. The monoisotopic (exact) mass is 564 g/mol. The third-order valence-electron chi connectivity index (χ3n) is 7.30. The summed E-state index contributed by atoms with van der Waals surface area (Å²) >= 11 is 0. The van der Waals surface area contributed by atoms with Crippen LogP contribution < -0.4 is 5.32 Å². The van der Waals surface area contributed by atoms with Crippen LogP contribution >= 0.6 is 0 Å². The van der Waals surface area contributed by atoms with Gasteiger partial charge < -0.3 is 24.3 Å². The molecule has 1 atom stereocenters. The zero-order valence-corrected chi connectivity index (χ0v) is 24.0. The van der Waals surface area contributed by atoms with Gasteiger partial charge in [0.1, 0.15) is 0 Å². The zero-order chi connectivity index (χ0) is 29.7. The molecule has 0 amide bonds. The van der Waals surface area contributed by atoms with Crippen molar-refractivity contribution in [2.45, 2.75) is 52.2 Å². The Morgan fingerprint density at radius 2 is 1.61 bits per heavy atom. The van der Waals surface area contributed by atoms with Crippen molar-refractivity contribution in [3.63, 3.8) is 0 Å². The number of esters is 2. The summed E-state index contributed by atoms with van der Waals surface area (Å²) in [7, 11) is 1.25. The van der Waals surface area contributed by atoms with E-state index in [1.807, 2.05) is 26.0 Å². The standard InChI is InChI=1S/C31H36N2O8/c1-19-26(29(34)38-5)28(24-7-6-8-25(16-24)33(36)37)27(20(2)32-19)30(35)39-14-13-21-9-11-22(12-10-21)15-23-17-40-31(3,4)41-18-23/h6-12,16,23,28,32H,13-15,17-18H2,1-5H3. The predicted molar refractivity (Wildman–Crippen MR) is 151 cm³/mol. The van der Waals surface area contributed by atoms with Gasteiger partial charge in [-0.25, -0.2) is 9.59 Å². The van der Waals surface area contributed by atoms with E-state index in [0.717, 1.165) is 12.0 Å². The fourth-order valence-corrected chi connectivity index (χ4v) is 5.16. The highest BCUT2D eigenvalue weighted by Gasteiger charge is 2.38. The molecule has 1 saturated heterocycles. The topological polar surface area (TPSA) is 126 Å². The second-order valence-electron chi connectivity index (χ2n) is 10.8. The lowest BCUT2D eigenvalue weighted by atomic mass is 9.80. The third kappa shape index (κ3) is 7.20. The van der Waals surface area contributed by atoms with Gasteiger partial charge in [-0.3, -0.25) is 10.1 Å². The lowest BCUT2D eigenvalue weighted by Crippen LogP contribution is -2.39. The summed E-state index contributed by atoms with van der Waals surface area (Å²) in [5, 5.41) is 14.5. The number of non-ortho nitro benzene ring substituents is 1. The van der Waals surface area contributed by atoms with Gasteiger partial charge in [-0.05, 0) is 50.8 Å². The van der Waals surface area contributed by atoms with Crippen molar-refractivity contribution in [2.75, 3.05) is 26.9 Å². The number of benzene rings is 2. The molecule has 1 fully saturated rings. The Balaban J connectivity index is 1.45. The molecule has 1 N–H and O–H groups in total. The molecule has 0 radical (unpaired) electrons. The smallest absolute Gasteiger partial charge is 0.336 e. The van der Waals surface area contributed by atoms with Crippen LogP contribution in [0.2, 0.25) is 0 Å². The third-order valence-corrected chi connectivity index (χ3v) is 7.30. The van der Waals surface area contributed by atoms with Crippen LogP contribution in [0.1, 0.15) is 50.3 Å². The lowest BCUT2D eigenvalue weighted by molar-refractivity contribution is -0.384. The summed E-state index contributed by atoms with van der Waals surface area (Å²) in [6.45, 7) is 8.65. The molecule has 10 heteroatoms. The molecule has 0 saturated carbocycles. The molecule has 1 unspecified atom stereocenters. The van der Waals surface area contributed by atoms with E-state index in [4.69, 9.17) is 18.9 Å². The SMILES string of the molecule is COC(=O)C1=C(C)NC(C)=C(C(=O)OCCc2ccc(CC3COC(C)(C)OC3)cc2)C1c1cccc([N+](=O)[O-])c1. The predicted octanol–water partition coefficient (Wildman–Crippen LogP) is 4.73. The molecule has 2 aromatic carbocycles. The van der Waals surface area contributed by atoms with Crippen molar-refractivity contribution in [3.8, 4) is 0 Å². The minimum Gasteiger partial charge on any atom is -0.466 e. The van der Waals surface area contributed by atoms with Gasteiger partial charge in [0, 0.05) is 35.9 Å². The van der Waals surface area contributed by atoms with Crippen LogP contribution in [0.15, 0.2) is 71.1 Å². The molecule has 2 aliphatic rings. The van der Waals surface area contributed by atoms with Crippen molar-refractivity contribution in [1.82, 2.24) is 5.32 Å². The maximum Gasteiger partial charge on any atom is 0.336 e. The average molecular weight is 565 g/mol. The summed E-state index contributed by atoms with van der Waals surface area (Å²) in [6.07, 6.45) is 1.34. The molecule has 0 aromatic heterocycles. The number of methoxy groups -OCH3 is 1. The average Bonchev–Trinajstić information content (AvgIpc) is 2.94. The highest BCUT2D eigenvalue weighted by atomic mass is 16.7. The van der Waals surface area contributed by atoms with E-state index in [0.29, 0.717) is 42.5 Å². The molecule has 10 nitrogen and oxygen atoms in total. The lowest BCUT2D eigenvalue weighted by Gasteiger charge is -2.35. The van der Waals surface area contributed by atoms with E-state index in [1.54, 1.807) is 19.9 Å². The number of ether oxygens (including phenoxy) is 4. The maximum atomic E-state index is 13.4. The molecule has 218 valence electrons. The minimum absolute atomic E-state index is 0.117. The summed E-state index contributed by atoms with van der Waals surface area (Å²) in [6, 6.07) is 14.0. The molecular formula is C31H36N2O8. The highest BCUT2D eigenvalue weighted by Crippen LogP contribution is 2.40. The van der Waals surface area contributed by atoms with Crippen LogP contribution in [-0.4, -0.2) is 49.6 Å². The van der Waals surface area contributed by atoms with Gasteiger partial charge in [-0.2, -0.15) is 0 Å². The number of rotatable bonds is 9. The van der Waals surface area contributed by atoms with E-state index in [9.17, 15) is 19.7 Å². The normalized spacial score (nSPS) is 19.0. The Bertz CT molecular complexity index is 1370. The van der Waals surface area contributed by atoms with Crippen molar-refractivity contribution in [3.05, 3.63) is 97.9 Å². The Morgan fingerprint density at radius 3 is 2.22 bits per heavy atom. The van der Waals surface area contributed by atoms with Crippen LogP contribution in [0.4, 0.5) is 5.69 Å². The molecule has 4 rings (SSSR count). The first-order valence-electron chi connectivity index (χ1n) is 13.5. The number of carbonyl (C=O) groups is 2.